The van der Waals surface area contributed by atoms with Gasteiger partial charge < -0.3 is 10.1 Å². The number of hydrogen-bond donors (Lipinski definition) is 1. The van der Waals surface area contributed by atoms with E-state index in [9.17, 15) is 4.79 Å². The predicted molar refractivity (Wildman–Crippen MR) is 80.6 cm³/mol. The van der Waals surface area contributed by atoms with Gasteiger partial charge in [-0.05, 0) is 58.4 Å². The fourth-order valence-electron chi connectivity index (χ4n) is 4.07. The molecule has 1 aliphatic carbocycles. The fourth-order valence-corrected chi connectivity index (χ4v) is 4.07. The number of methoxy groups -OCH3 is 1. The number of esters is 1. The van der Waals surface area contributed by atoms with Crippen LogP contribution < -0.4 is 5.32 Å². The summed E-state index contributed by atoms with van der Waals surface area (Å²) in [5.74, 6) is 0.678. The van der Waals surface area contributed by atoms with E-state index in [-0.39, 0.29) is 5.97 Å². The fraction of sp³-hybridized carbons (Fsp3) is 0.938. The van der Waals surface area contributed by atoms with Gasteiger partial charge in [0.05, 0.1) is 7.11 Å². The van der Waals surface area contributed by atoms with E-state index >= 15 is 0 Å². The monoisotopic (exact) mass is 282 g/mol. The lowest BCUT2D eigenvalue weighted by Crippen LogP contribution is -2.59. The van der Waals surface area contributed by atoms with Gasteiger partial charge in [-0.3, -0.25) is 9.69 Å². The van der Waals surface area contributed by atoms with Crippen LogP contribution in [-0.4, -0.2) is 49.2 Å². The molecule has 2 rings (SSSR count). The largest absolute Gasteiger partial charge is 0.468 e. The third-order valence-electron chi connectivity index (χ3n) is 5.41. The number of piperidine rings is 1. The minimum atomic E-state index is -0.474. The van der Waals surface area contributed by atoms with Crippen molar-refractivity contribution in [1.82, 2.24) is 10.2 Å². The summed E-state index contributed by atoms with van der Waals surface area (Å²) in [6.07, 6.45) is 6.69. The van der Waals surface area contributed by atoms with Gasteiger partial charge in [0.25, 0.3) is 0 Å². The standard InChI is InChI=1S/C16H30N2O2/c1-12-7-8-13(2)18(11-12)14-6-5-9-16(10-14,17-3)15(19)20-4/h12-14,17H,5-11H2,1-4H3. The average molecular weight is 282 g/mol. The zero-order chi connectivity index (χ0) is 14.8. The molecule has 1 heterocycles. The Morgan fingerprint density at radius 2 is 2.05 bits per heavy atom. The Morgan fingerprint density at radius 1 is 1.30 bits per heavy atom. The Labute approximate surface area is 123 Å². The molecular formula is C16H30N2O2. The Kier molecular flexibility index (Phi) is 5.08. The Morgan fingerprint density at radius 3 is 2.70 bits per heavy atom. The zero-order valence-corrected chi connectivity index (χ0v) is 13.4. The number of rotatable bonds is 3. The molecule has 1 aliphatic heterocycles. The summed E-state index contributed by atoms with van der Waals surface area (Å²) in [6, 6.07) is 1.15. The molecule has 0 aromatic rings. The van der Waals surface area contributed by atoms with E-state index in [1.54, 1.807) is 0 Å². The second-order valence-corrected chi connectivity index (χ2v) is 6.80. The lowest BCUT2D eigenvalue weighted by molar-refractivity contribution is -0.151. The van der Waals surface area contributed by atoms with Gasteiger partial charge in [-0.15, -0.1) is 0 Å². The molecule has 4 atom stereocenters. The lowest BCUT2D eigenvalue weighted by Gasteiger charge is -2.47. The van der Waals surface area contributed by atoms with Crippen molar-refractivity contribution in [2.24, 2.45) is 5.92 Å². The molecule has 4 heteroatoms. The normalized spacial score (nSPS) is 39.5. The average Bonchev–Trinajstić information content (AvgIpc) is 2.48. The van der Waals surface area contributed by atoms with Crippen LogP contribution in [0.25, 0.3) is 0 Å². The highest BCUT2D eigenvalue weighted by Gasteiger charge is 2.45. The van der Waals surface area contributed by atoms with Crippen molar-refractivity contribution in [1.29, 1.82) is 0 Å². The number of likely N-dealkylation sites (N-methyl/N-ethyl adjacent to an activating group) is 1. The number of hydrogen-bond acceptors (Lipinski definition) is 4. The van der Waals surface area contributed by atoms with Gasteiger partial charge in [0, 0.05) is 18.6 Å². The number of ether oxygens (including phenoxy) is 1. The van der Waals surface area contributed by atoms with Crippen molar-refractivity contribution < 1.29 is 9.53 Å². The highest BCUT2D eigenvalue weighted by atomic mass is 16.5. The van der Waals surface area contributed by atoms with Gasteiger partial charge in [0.2, 0.25) is 0 Å². The van der Waals surface area contributed by atoms with Crippen molar-refractivity contribution in [2.45, 2.75) is 70.0 Å². The Bertz CT molecular complexity index is 347. The van der Waals surface area contributed by atoms with Gasteiger partial charge in [-0.1, -0.05) is 6.92 Å². The maximum atomic E-state index is 12.2. The van der Waals surface area contributed by atoms with E-state index in [0.717, 1.165) is 25.2 Å². The molecule has 2 fully saturated rings. The summed E-state index contributed by atoms with van der Waals surface area (Å²) in [4.78, 5) is 14.8. The maximum absolute atomic E-state index is 12.2. The van der Waals surface area contributed by atoms with Crippen LogP contribution in [0.5, 0.6) is 0 Å². The van der Waals surface area contributed by atoms with Gasteiger partial charge in [0.15, 0.2) is 0 Å². The summed E-state index contributed by atoms with van der Waals surface area (Å²) in [7, 11) is 3.39. The highest BCUT2D eigenvalue weighted by Crippen LogP contribution is 2.35. The highest BCUT2D eigenvalue weighted by molar-refractivity contribution is 5.81. The van der Waals surface area contributed by atoms with E-state index < -0.39 is 5.54 Å². The summed E-state index contributed by atoms with van der Waals surface area (Å²) in [5.41, 5.74) is -0.474. The molecular weight excluding hydrogens is 252 g/mol. The van der Waals surface area contributed by atoms with E-state index in [4.69, 9.17) is 4.74 Å². The molecule has 2 aliphatic rings. The first kappa shape index (κ1) is 15.8. The second kappa shape index (κ2) is 6.44. The van der Waals surface area contributed by atoms with Gasteiger partial charge in [-0.25, -0.2) is 0 Å². The molecule has 1 N–H and O–H groups in total. The van der Waals surface area contributed by atoms with Crippen LogP contribution in [0.2, 0.25) is 0 Å². The second-order valence-electron chi connectivity index (χ2n) is 6.80. The first-order valence-electron chi connectivity index (χ1n) is 8.05. The molecule has 4 nitrogen and oxygen atoms in total. The molecule has 20 heavy (non-hydrogen) atoms. The van der Waals surface area contributed by atoms with Crippen molar-refractivity contribution in [3.8, 4) is 0 Å². The van der Waals surface area contributed by atoms with E-state index in [1.165, 1.54) is 32.9 Å². The van der Waals surface area contributed by atoms with Gasteiger partial charge in [0.1, 0.15) is 5.54 Å². The van der Waals surface area contributed by atoms with Gasteiger partial charge >= 0.3 is 5.97 Å². The van der Waals surface area contributed by atoms with E-state index in [0.29, 0.717) is 12.1 Å². The van der Waals surface area contributed by atoms with Crippen LogP contribution in [0, 0.1) is 5.92 Å². The summed E-state index contributed by atoms with van der Waals surface area (Å²) in [5, 5.41) is 3.26. The Hall–Kier alpha value is -0.610. The van der Waals surface area contributed by atoms with Crippen molar-refractivity contribution in [3.05, 3.63) is 0 Å². The SMILES string of the molecule is CNC1(C(=O)OC)CCCC(N2CC(C)CCC2C)C1. The van der Waals surface area contributed by atoms with E-state index in [1.807, 2.05) is 7.05 Å². The molecule has 0 aromatic heterocycles. The topological polar surface area (TPSA) is 41.6 Å². The van der Waals surface area contributed by atoms with Crippen LogP contribution in [-0.2, 0) is 9.53 Å². The summed E-state index contributed by atoms with van der Waals surface area (Å²) in [6.45, 7) is 5.85. The van der Waals surface area contributed by atoms with Gasteiger partial charge in [-0.2, -0.15) is 0 Å². The zero-order valence-electron chi connectivity index (χ0n) is 13.4. The van der Waals surface area contributed by atoms with Crippen LogP contribution in [0.15, 0.2) is 0 Å². The molecule has 116 valence electrons. The molecule has 0 amide bonds. The minimum absolute atomic E-state index is 0.0950. The molecule has 1 saturated heterocycles. The van der Waals surface area contributed by atoms with Crippen molar-refractivity contribution in [2.75, 3.05) is 20.7 Å². The van der Waals surface area contributed by atoms with Crippen LogP contribution >= 0.6 is 0 Å². The lowest BCUT2D eigenvalue weighted by atomic mass is 9.77. The molecule has 0 radical (unpaired) electrons. The third kappa shape index (κ3) is 3.01. The van der Waals surface area contributed by atoms with E-state index in [2.05, 4.69) is 24.1 Å². The third-order valence-corrected chi connectivity index (χ3v) is 5.41. The van der Waals surface area contributed by atoms with Crippen LogP contribution in [0.1, 0.15) is 52.4 Å². The number of carbonyl (C=O) groups is 1. The van der Waals surface area contributed by atoms with Crippen LogP contribution in [0.4, 0.5) is 0 Å². The molecule has 0 spiro atoms. The quantitative estimate of drug-likeness (QED) is 0.806. The molecule has 0 bridgehead atoms. The summed E-state index contributed by atoms with van der Waals surface area (Å²) < 4.78 is 5.05. The number of nitrogens with one attached hydrogen (secondary N) is 1. The molecule has 1 saturated carbocycles. The molecule has 4 unspecified atom stereocenters. The minimum Gasteiger partial charge on any atom is -0.468 e. The number of nitrogens with zero attached hydrogens (tertiary/aromatic N) is 1. The maximum Gasteiger partial charge on any atom is 0.326 e. The smallest absolute Gasteiger partial charge is 0.326 e. The van der Waals surface area contributed by atoms with Crippen LogP contribution in [0.3, 0.4) is 0 Å². The first-order chi connectivity index (χ1) is 9.52. The van der Waals surface area contributed by atoms with Crippen molar-refractivity contribution >= 4 is 5.97 Å². The predicted octanol–water partition coefficient (Wildman–Crippen LogP) is 2.18. The first-order valence-corrected chi connectivity index (χ1v) is 8.05. The van der Waals surface area contributed by atoms with Crippen molar-refractivity contribution in [3.63, 3.8) is 0 Å². The molecule has 0 aromatic carbocycles. The number of carbonyl (C=O) groups excluding carboxylic acids is 1. The number of likely N-dealkylation sites (tertiary alicyclic amines) is 1. The Balaban J connectivity index is 2.10. The summed E-state index contributed by atoms with van der Waals surface area (Å²) >= 11 is 0.